The zero-order valence-electron chi connectivity index (χ0n) is 13.2. The third-order valence-electron chi connectivity index (χ3n) is 3.87. The summed E-state index contributed by atoms with van der Waals surface area (Å²) < 4.78 is 10.5. The number of hydrogen-bond donors (Lipinski definition) is 0. The van der Waals surface area contributed by atoms with Crippen molar-refractivity contribution in [2.24, 2.45) is 0 Å². The summed E-state index contributed by atoms with van der Waals surface area (Å²) in [7, 11) is 0. The average molecular weight is 318 g/mol. The van der Waals surface area contributed by atoms with Crippen LogP contribution in [0.4, 0.5) is 0 Å². The number of hydrogen-bond acceptors (Lipinski definition) is 5. The molecular formula is C18H22O5. The van der Waals surface area contributed by atoms with Crippen molar-refractivity contribution in [2.45, 2.75) is 51.2 Å². The smallest absolute Gasteiger partial charge is 0.383 e. The lowest BCUT2D eigenvalue weighted by Crippen LogP contribution is -2.27. The van der Waals surface area contributed by atoms with Crippen LogP contribution in [-0.4, -0.2) is 30.2 Å². The van der Waals surface area contributed by atoms with E-state index in [2.05, 4.69) is 0 Å². The van der Waals surface area contributed by atoms with Gasteiger partial charge in [0, 0.05) is 13.0 Å². The third kappa shape index (κ3) is 5.94. The van der Waals surface area contributed by atoms with Crippen LogP contribution in [0.5, 0.6) is 0 Å². The number of carbonyl (C=O) groups excluding carboxylic acids is 3. The molecule has 1 saturated heterocycles. The molecule has 0 radical (unpaired) electrons. The Morgan fingerprint density at radius 2 is 1.87 bits per heavy atom. The fraction of sp³-hybridized carbons (Fsp3) is 0.500. The normalized spacial score (nSPS) is 18.0. The van der Waals surface area contributed by atoms with Gasteiger partial charge in [-0.3, -0.25) is 9.59 Å². The minimum Gasteiger partial charge on any atom is -0.455 e. The fourth-order valence-electron chi connectivity index (χ4n) is 2.52. The van der Waals surface area contributed by atoms with Crippen LogP contribution >= 0.6 is 0 Å². The topological polar surface area (TPSA) is 69.7 Å². The molecule has 0 spiro atoms. The van der Waals surface area contributed by atoms with E-state index in [1.54, 1.807) is 12.1 Å². The number of rotatable bonds is 7. The van der Waals surface area contributed by atoms with Crippen LogP contribution in [0.2, 0.25) is 0 Å². The number of Topliss-reactive ketones (excluding diaryl/α,β-unsaturated/α-hetero) is 2. The molecule has 5 nitrogen and oxygen atoms in total. The van der Waals surface area contributed by atoms with Gasteiger partial charge in [-0.2, -0.15) is 0 Å². The van der Waals surface area contributed by atoms with Crippen LogP contribution in [0.3, 0.4) is 0 Å². The van der Waals surface area contributed by atoms with Gasteiger partial charge in [-0.25, -0.2) is 4.79 Å². The van der Waals surface area contributed by atoms with E-state index in [9.17, 15) is 14.4 Å². The Morgan fingerprint density at radius 3 is 2.65 bits per heavy atom. The van der Waals surface area contributed by atoms with Gasteiger partial charge in [0.15, 0.2) is 0 Å². The molecule has 0 bridgehead atoms. The second-order valence-corrected chi connectivity index (χ2v) is 5.69. The van der Waals surface area contributed by atoms with Gasteiger partial charge < -0.3 is 9.47 Å². The van der Waals surface area contributed by atoms with Crippen molar-refractivity contribution in [1.29, 1.82) is 0 Å². The van der Waals surface area contributed by atoms with Gasteiger partial charge in [0.25, 0.3) is 0 Å². The molecule has 0 N–H and O–H groups in total. The summed E-state index contributed by atoms with van der Waals surface area (Å²) in [6.45, 7) is 0.691. The lowest BCUT2D eigenvalue weighted by atomic mass is 10.0. The highest BCUT2D eigenvalue weighted by Gasteiger charge is 2.25. The van der Waals surface area contributed by atoms with Crippen molar-refractivity contribution in [3.8, 4) is 0 Å². The van der Waals surface area contributed by atoms with Crippen LogP contribution in [0.1, 0.15) is 44.1 Å². The first-order chi connectivity index (χ1) is 11.2. The number of ether oxygens (including phenoxy) is 2. The highest BCUT2D eigenvalue weighted by atomic mass is 16.5. The summed E-state index contributed by atoms with van der Waals surface area (Å²) in [6.07, 6.45) is 4.67. The molecule has 1 heterocycles. The first-order valence-electron chi connectivity index (χ1n) is 8.06. The zero-order chi connectivity index (χ0) is 16.5. The van der Waals surface area contributed by atoms with E-state index in [-0.39, 0.29) is 19.1 Å². The predicted molar refractivity (Wildman–Crippen MR) is 83.7 cm³/mol. The number of benzene rings is 1. The van der Waals surface area contributed by atoms with Crippen molar-refractivity contribution >= 4 is 17.5 Å². The highest BCUT2D eigenvalue weighted by molar-refractivity contribution is 6.62. The Kier molecular flexibility index (Phi) is 6.94. The second-order valence-electron chi connectivity index (χ2n) is 5.69. The average Bonchev–Trinajstić information content (AvgIpc) is 2.86. The van der Waals surface area contributed by atoms with E-state index in [0.717, 1.165) is 31.2 Å². The summed E-state index contributed by atoms with van der Waals surface area (Å²) in [4.78, 5) is 35.2. The van der Waals surface area contributed by atoms with Crippen LogP contribution in [0, 0.1) is 0 Å². The lowest BCUT2D eigenvalue weighted by molar-refractivity contribution is -0.157. The van der Waals surface area contributed by atoms with Gasteiger partial charge in [0.2, 0.25) is 5.78 Å². The minimum absolute atomic E-state index is 0.00888. The molecule has 1 atom stereocenters. The number of ketones is 2. The van der Waals surface area contributed by atoms with E-state index >= 15 is 0 Å². The van der Waals surface area contributed by atoms with Gasteiger partial charge in [0.05, 0.1) is 6.10 Å². The van der Waals surface area contributed by atoms with Crippen molar-refractivity contribution in [3.05, 3.63) is 35.9 Å². The van der Waals surface area contributed by atoms with Gasteiger partial charge >= 0.3 is 11.8 Å². The summed E-state index contributed by atoms with van der Waals surface area (Å²) in [6, 6.07) is 9.02. The maximum absolute atomic E-state index is 11.8. The van der Waals surface area contributed by atoms with Crippen molar-refractivity contribution in [1.82, 2.24) is 0 Å². The Balaban J connectivity index is 1.72. The molecule has 1 aliphatic heterocycles. The van der Waals surface area contributed by atoms with Crippen LogP contribution in [0.25, 0.3) is 0 Å². The van der Waals surface area contributed by atoms with E-state index in [1.807, 2.05) is 18.2 Å². The maximum Gasteiger partial charge on any atom is 0.383 e. The molecule has 124 valence electrons. The molecule has 0 aromatic heterocycles. The number of esters is 1. The standard InChI is InChI=1S/C18H22O5/c19-16(11-10-15-9-5-2-6-12-22-15)17(20)18(21)23-13-14-7-3-1-4-8-14/h1,3-4,7-8,15H,2,5-6,9-13H2. The molecule has 0 aliphatic carbocycles. The quantitative estimate of drug-likeness (QED) is 0.439. The molecule has 1 aromatic carbocycles. The van der Waals surface area contributed by atoms with Crippen LogP contribution < -0.4 is 0 Å². The zero-order valence-corrected chi connectivity index (χ0v) is 13.2. The minimum atomic E-state index is -1.08. The van der Waals surface area contributed by atoms with Crippen LogP contribution in [-0.2, 0) is 30.5 Å². The van der Waals surface area contributed by atoms with Gasteiger partial charge in [-0.05, 0) is 24.8 Å². The fourth-order valence-corrected chi connectivity index (χ4v) is 2.52. The van der Waals surface area contributed by atoms with Crippen LogP contribution in [0.15, 0.2) is 30.3 Å². The summed E-state index contributed by atoms with van der Waals surface area (Å²) in [5.41, 5.74) is 0.771. The largest absolute Gasteiger partial charge is 0.455 e. The Hall–Kier alpha value is -2.01. The summed E-state index contributed by atoms with van der Waals surface area (Å²) >= 11 is 0. The van der Waals surface area contributed by atoms with Gasteiger partial charge in [-0.1, -0.05) is 43.2 Å². The molecular weight excluding hydrogens is 296 g/mol. The third-order valence-corrected chi connectivity index (χ3v) is 3.87. The lowest BCUT2D eigenvalue weighted by Gasteiger charge is -2.13. The number of carbonyl (C=O) groups is 3. The molecule has 5 heteroatoms. The first kappa shape index (κ1) is 17.3. The predicted octanol–water partition coefficient (Wildman–Crippen LogP) is 2.61. The maximum atomic E-state index is 11.8. The molecule has 1 unspecified atom stereocenters. The molecule has 0 saturated carbocycles. The second kappa shape index (κ2) is 9.20. The Morgan fingerprint density at radius 1 is 1.09 bits per heavy atom. The summed E-state index contributed by atoms with van der Waals surface area (Å²) in [5.74, 6) is -2.86. The Labute approximate surface area is 136 Å². The molecule has 1 aromatic rings. The van der Waals surface area contributed by atoms with E-state index in [4.69, 9.17) is 9.47 Å². The molecule has 23 heavy (non-hydrogen) atoms. The van der Waals surface area contributed by atoms with E-state index < -0.39 is 17.5 Å². The Bertz CT molecular complexity index is 530. The summed E-state index contributed by atoms with van der Waals surface area (Å²) in [5, 5.41) is 0. The van der Waals surface area contributed by atoms with Crippen molar-refractivity contribution < 1.29 is 23.9 Å². The SMILES string of the molecule is O=C(CCC1CCCCCO1)C(=O)C(=O)OCc1ccccc1. The molecule has 1 aliphatic rings. The first-order valence-corrected chi connectivity index (χ1v) is 8.06. The van der Waals surface area contributed by atoms with E-state index in [1.165, 1.54) is 0 Å². The van der Waals surface area contributed by atoms with E-state index in [0.29, 0.717) is 13.0 Å². The van der Waals surface area contributed by atoms with Crippen molar-refractivity contribution in [3.63, 3.8) is 0 Å². The van der Waals surface area contributed by atoms with Crippen molar-refractivity contribution in [2.75, 3.05) is 6.61 Å². The monoisotopic (exact) mass is 318 g/mol. The molecule has 2 rings (SSSR count). The van der Waals surface area contributed by atoms with Gasteiger partial charge in [-0.15, -0.1) is 0 Å². The van der Waals surface area contributed by atoms with Gasteiger partial charge in [0.1, 0.15) is 6.61 Å². The highest BCUT2D eigenvalue weighted by Crippen LogP contribution is 2.17. The molecule has 1 fully saturated rings. The molecule has 0 amide bonds.